The van der Waals surface area contributed by atoms with Crippen molar-refractivity contribution in [1.82, 2.24) is 14.9 Å². The SMILES string of the molecule is C=CCc1cc(-c2cnc(N)c(C3=CN(C(C)C)C(=C)C=C3)n2)ccc1N(C)C. The smallest absolute Gasteiger partial charge is 0.150 e. The molecule has 1 aliphatic rings. The molecule has 0 saturated heterocycles. The predicted molar refractivity (Wildman–Crippen MR) is 123 cm³/mol. The van der Waals surface area contributed by atoms with E-state index in [0.29, 0.717) is 17.6 Å². The van der Waals surface area contributed by atoms with E-state index in [9.17, 15) is 0 Å². The van der Waals surface area contributed by atoms with Crippen molar-refractivity contribution >= 4 is 17.1 Å². The first-order chi connectivity index (χ1) is 13.8. The zero-order chi connectivity index (χ0) is 21.1. The molecule has 1 aliphatic heterocycles. The Balaban J connectivity index is 2.05. The third kappa shape index (κ3) is 4.24. The van der Waals surface area contributed by atoms with Gasteiger partial charge in [0, 0.05) is 48.9 Å². The maximum Gasteiger partial charge on any atom is 0.150 e. The molecule has 150 valence electrons. The third-order valence-corrected chi connectivity index (χ3v) is 4.92. The highest BCUT2D eigenvalue weighted by molar-refractivity contribution is 5.80. The van der Waals surface area contributed by atoms with Gasteiger partial charge >= 0.3 is 0 Å². The second-order valence-corrected chi connectivity index (χ2v) is 7.63. The number of nitrogens with zero attached hydrogens (tertiary/aromatic N) is 4. The van der Waals surface area contributed by atoms with Crippen molar-refractivity contribution < 1.29 is 0 Å². The molecular formula is C24H29N5. The van der Waals surface area contributed by atoms with Crippen LogP contribution in [0, 0.1) is 0 Å². The maximum atomic E-state index is 6.19. The topological polar surface area (TPSA) is 58.3 Å². The first-order valence-corrected chi connectivity index (χ1v) is 9.73. The highest BCUT2D eigenvalue weighted by Gasteiger charge is 2.17. The quantitative estimate of drug-likeness (QED) is 0.731. The minimum absolute atomic E-state index is 0.292. The molecule has 5 heteroatoms. The highest BCUT2D eigenvalue weighted by atomic mass is 15.1. The van der Waals surface area contributed by atoms with Gasteiger partial charge in [-0.05, 0) is 50.1 Å². The molecule has 3 rings (SSSR count). The average Bonchev–Trinajstić information content (AvgIpc) is 2.68. The van der Waals surface area contributed by atoms with Gasteiger partial charge < -0.3 is 15.5 Å². The van der Waals surface area contributed by atoms with Crippen LogP contribution in [0.25, 0.3) is 16.8 Å². The fourth-order valence-corrected chi connectivity index (χ4v) is 3.42. The summed E-state index contributed by atoms with van der Waals surface area (Å²) in [6, 6.07) is 6.61. The molecule has 2 heterocycles. The van der Waals surface area contributed by atoms with Crippen LogP contribution >= 0.6 is 0 Å². The Morgan fingerprint density at radius 3 is 2.66 bits per heavy atom. The number of aromatic nitrogens is 2. The van der Waals surface area contributed by atoms with E-state index in [0.717, 1.165) is 28.9 Å². The lowest BCUT2D eigenvalue weighted by Gasteiger charge is -2.29. The molecule has 1 aromatic heterocycles. The Labute approximate surface area is 173 Å². The summed E-state index contributed by atoms with van der Waals surface area (Å²) in [5.74, 6) is 0.414. The van der Waals surface area contributed by atoms with Crippen molar-refractivity contribution in [2.45, 2.75) is 26.3 Å². The summed E-state index contributed by atoms with van der Waals surface area (Å²) in [4.78, 5) is 13.5. The molecule has 2 aromatic rings. The molecule has 0 radical (unpaired) electrons. The van der Waals surface area contributed by atoms with Gasteiger partial charge in [0.05, 0.1) is 11.9 Å². The molecule has 5 nitrogen and oxygen atoms in total. The zero-order valence-electron chi connectivity index (χ0n) is 17.7. The fourth-order valence-electron chi connectivity index (χ4n) is 3.42. The molecule has 0 saturated carbocycles. The summed E-state index contributed by atoms with van der Waals surface area (Å²) < 4.78 is 0. The van der Waals surface area contributed by atoms with Crippen LogP contribution in [0.3, 0.4) is 0 Å². The normalized spacial score (nSPS) is 13.6. The predicted octanol–water partition coefficient (Wildman–Crippen LogP) is 4.66. The third-order valence-electron chi connectivity index (χ3n) is 4.92. The number of nitrogen functional groups attached to an aromatic ring is 1. The van der Waals surface area contributed by atoms with Crippen LogP contribution in [0.15, 0.2) is 67.7 Å². The molecule has 0 spiro atoms. The fraction of sp³-hybridized carbons (Fsp3) is 0.250. The molecule has 2 N–H and O–H groups in total. The van der Waals surface area contributed by atoms with E-state index < -0.39 is 0 Å². The summed E-state index contributed by atoms with van der Waals surface area (Å²) in [7, 11) is 4.08. The van der Waals surface area contributed by atoms with Gasteiger partial charge in [0.15, 0.2) is 0 Å². The summed E-state index contributed by atoms with van der Waals surface area (Å²) in [6.07, 6.45) is 10.4. The number of benzene rings is 1. The van der Waals surface area contributed by atoms with Crippen LogP contribution < -0.4 is 10.6 Å². The molecule has 0 bridgehead atoms. The number of hydrogen-bond acceptors (Lipinski definition) is 5. The summed E-state index contributed by atoms with van der Waals surface area (Å²) in [5, 5.41) is 0. The van der Waals surface area contributed by atoms with Crippen LogP contribution in [-0.4, -0.2) is 35.0 Å². The van der Waals surface area contributed by atoms with Crippen molar-refractivity contribution in [3.8, 4) is 11.3 Å². The van der Waals surface area contributed by atoms with Gasteiger partial charge in [0.25, 0.3) is 0 Å². The largest absolute Gasteiger partial charge is 0.382 e. The molecule has 0 amide bonds. The van der Waals surface area contributed by atoms with Crippen LogP contribution in [0.4, 0.5) is 11.5 Å². The standard InChI is InChI=1S/C24H29N5/c1-7-8-19-13-18(11-12-22(19)28(5)6)21-14-26-24(25)23(27-21)20-10-9-17(4)29(15-20)16(2)3/h7,9-16H,1,4,8H2,2-3,5-6H3,(H2,25,26). The van der Waals surface area contributed by atoms with Gasteiger partial charge in [-0.3, -0.25) is 0 Å². The second kappa shape index (κ2) is 8.35. The van der Waals surface area contributed by atoms with Crippen LogP contribution in [0.1, 0.15) is 25.1 Å². The van der Waals surface area contributed by atoms with E-state index in [2.05, 4.69) is 60.0 Å². The number of anilines is 2. The number of rotatable bonds is 6. The first kappa shape index (κ1) is 20.4. The molecular weight excluding hydrogens is 358 g/mol. The summed E-state index contributed by atoms with van der Waals surface area (Å²) >= 11 is 0. The van der Waals surface area contributed by atoms with Crippen LogP contribution in [-0.2, 0) is 6.42 Å². The molecule has 1 aromatic carbocycles. The minimum atomic E-state index is 0.292. The lowest BCUT2D eigenvalue weighted by Crippen LogP contribution is -2.25. The summed E-state index contributed by atoms with van der Waals surface area (Å²) in [6.45, 7) is 12.2. The van der Waals surface area contributed by atoms with Gasteiger partial charge in [-0.25, -0.2) is 9.97 Å². The second-order valence-electron chi connectivity index (χ2n) is 7.63. The molecule has 0 fully saturated rings. The Morgan fingerprint density at radius 2 is 2.00 bits per heavy atom. The first-order valence-electron chi connectivity index (χ1n) is 9.73. The monoisotopic (exact) mass is 387 g/mol. The average molecular weight is 388 g/mol. The Bertz CT molecular complexity index is 998. The van der Waals surface area contributed by atoms with Crippen molar-refractivity contribution in [1.29, 1.82) is 0 Å². The molecule has 0 atom stereocenters. The van der Waals surface area contributed by atoms with E-state index >= 15 is 0 Å². The molecule has 0 unspecified atom stereocenters. The number of allylic oxidation sites excluding steroid dienone is 4. The Kier molecular flexibility index (Phi) is 5.87. The van der Waals surface area contributed by atoms with Crippen LogP contribution in [0.2, 0.25) is 0 Å². The van der Waals surface area contributed by atoms with Gasteiger partial charge in [-0.2, -0.15) is 0 Å². The number of hydrogen-bond donors (Lipinski definition) is 1. The van der Waals surface area contributed by atoms with E-state index in [1.807, 2.05) is 38.5 Å². The number of nitrogens with two attached hydrogens (primary N) is 1. The van der Waals surface area contributed by atoms with E-state index in [4.69, 9.17) is 10.7 Å². The molecule has 0 aliphatic carbocycles. The van der Waals surface area contributed by atoms with Gasteiger partial charge in [-0.1, -0.05) is 18.7 Å². The van der Waals surface area contributed by atoms with Crippen LogP contribution in [0.5, 0.6) is 0 Å². The lowest BCUT2D eigenvalue weighted by molar-refractivity contribution is 0.396. The lowest BCUT2D eigenvalue weighted by atomic mass is 10.0. The van der Waals surface area contributed by atoms with Crippen molar-refractivity contribution in [2.24, 2.45) is 0 Å². The van der Waals surface area contributed by atoms with Crippen molar-refractivity contribution in [3.63, 3.8) is 0 Å². The van der Waals surface area contributed by atoms with Gasteiger partial charge in [-0.15, -0.1) is 6.58 Å². The maximum absolute atomic E-state index is 6.19. The van der Waals surface area contributed by atoms with Gasteiger partial charge in [0.1, 0.15) is 11.5 Å². The zero-order valence-corrected chi connectivity index (χ0v) is 17.7. The Hall–Kier alpha value is -3.34. The van der Waals surface area contributed by atoms with E-state index in [1.54, 1.807) is 6.20 Å². The van der Waals surface area contributed by atoms with E-state index in [-0.39, 0.29) is 0 Å². The van der Waals surface area contributed by atoms with Crippen molar-refractivity contribution in [2.75, 3.05) is 24.7 Å². The van der Waals surface area contributed by atoms with E-state index in [1.165, 1.54) is 11.3 Å². The Morgan fingerprint density at radius 1 is 1.24 bits per heavy atom. The minimum Gasteiger partial charge on any atom is -0.382 e. The summed E-state index contributed by atoms with van der Waals surface area (Å²) in [5.41, 5.74) is 12.9. The molecule has 29 heavy (non-hydrogen) atoms. The van der Waals surface area contributed by atoms with Crippen molar-refractivity contribution in [3.05, 3.63) is 78.9 Å². The highest BCUT2D eigenvalue weighted by Crippen LogP contribution is 2.30. The van der Waals surface area contributed by atoms with Gasteiger partial charge in [0.2, 0.25) is 0 Å².